The molecule has 0 atom stereocenters. The summed E-state index contributed by atoms with van der Waals surface area (Å²) in [6.07, 6.45) is 0. The molecule has 4 heteroatoms. The lowest BCUT2D eigenvalue weighted by Crippen LogP contribution is -2.28. The van der Waals surface area contributed by atoms with E-state index in [1.807, 2.05) is 12.1 Å². The molecule has 0 aliphatic carbocycles. The number of anilines is 1. The molecule has 0 radical (unpaired) electrons. The van der Waals surface area contributed by atoms with Crippen LogP contribution in [0.2, 0.25) is 0 Å². The molecule has 1 heterocycles. The molecule has 0 saturated carbocycles. The highest BCUT2D eigenvalue weighted by molar-refractivity contribution is 6.16. The molecule has 0 N–H and O–H groups in total. The van der Waals surface area contributed by atoms with Gasteiger partial charge in [0.15, 0.2) is 5.82 Å². The summed E-state index contributed by atoms with van der Waals surface area (Å²) in [5.74, 6) is 1.98. The minimum absolute atomic E-state index is 0.420. The fourth-order valence-electron chi connectivity index (χ4n) is 1.42. The minimum Gasteiger partial charge on any atom is -0.355 e. The molecule has 1 aromatic heterocycles. The highest BCUT2D eigenvalue weighted by atomic mass is 35.5. The number of halogens is 1. The van der Waals surface area contributed by atoms with Gasteiger partial charge in [0.25, 0.3) is 0 Å². The van der Waals surface area contributed by atoms with E-state index in [1.165, 1.54) is 0 Å². The summed E-state index contributed by atoms with van der Waals surface area (Å²) in [5.41, 5.74) is 0.820. The molecule has 0 bridgehead atoms. The molecule has 1 aromatic rings. The van der Waals surface area contributed by atoms with Gasteiger partial charge in [-0.2, -0.15) is 5.10 Å². The van der Waals surface area contributed by atoms with Gasteiger partial charge in [0.2, 0.25) is 0 Å². The van der Waals surface area contributed by atoms with Gasteiger partial charge in [-0.05, 0) is 25.0 Å². The van der Waals surface area contributed by atoms with Gasteiger partial charge in [-0.25, -0.2) is 0 Å². The van der Waals surface area contributed by atoms with Gasteiger partial charge in [0, 0.05) is 13.1 Å². The molecule has 0 spiro atoms. The summed E-state index contributed by atoms with van der Waals surface area (Å²) in [6, 6.07) is 3.91. The average Bonchev–Trinajstić information content (AvgIpc) is 2.26. The predicted molar refractivity (Wildman–Crippen MR) is 64.3 cm³/mol. The molecule has 1 rings (SSSR count). The first-order chi connectivity index (χ1) is 7.17. The Bertz CT molecular complexity index is 284. The van der Waals surface area contributed by atoms with Crippen molar-refractivity contribution in [1.82, 2.24) is 10.2 Å². The number of rotatable bonds is 5. The van der Waals surface area contributed by atoms with Crippen LogP contribution in [0.15, 0.2) is 12.1 Å². The summed E-state index contributed by atoms with van der Waals surface area (Å²) < 4.78 is 0. The number of hydrogen-bond donors (Lipinski definition) is 0. The van der Waals surface area contributed by atoms with Crippen molar-refractivity contribution in [2.45, 2.75) is 26.7 Å². The van der Waals surface area contributed by atoms with Gasteiger partial charge < -0.3 is 4.90 Å². The van der Waals surface area contributed by atoms with Crippen LogP contribution in [0.1, 0.15) is 26.5 Å². The van der Waals surface area contributed by atoms with Crippen molar-refractivity contribution in [2.24, 2.45) is 5.92 Å². The standard InChI is InChI=1S/C11H18ClN3/c1-4-15(8-9(2)3)11-6-5-10(7-12)13-14-11/h5-6,9H,4,7-8H2,1-3H3. The van der Waals surface area contributed by atoms with E-state index in [-0.39, 0.29) is 0 Å². The number of hydrogen-bond acceptors (Lipinski definition) is 3. The molecule has 3 nitrogen and oxygen atoms in total. The minimum atomic E-state index is 0.420. The Kier molecular flexibility index (Phi) is 4.82. The monoisotopic (exact) mass is 227 g/mol. The maximum Gasteiger partial charge on any atom is 0.151 e. The van der Waals surface area contributed by atoms with E-state index >= 15 is 0 Å². The molecule has 0 aromatic carbocycles. The predicted octanol–water partition coefficient (Wildman–Crippen LogP) is 2.70. The third-order valence-electron chi connectivity index (χ3n) is 2.13. The Morgan fingerprint density at radius 3 is 2.47 bits per heavy atom. The van der Waals surface area contributed by atoms with Crippen molar-refractivity contribution in [3.63, 3.8) is 0 Å². The van der Waals surface area contributed by atoms with E-state index < -0.39 is 0 Å². The number of nitrogens with zero attached hydrogens (tertiary/aromatic N) is 3. The van der Waals surface area contributed by atoms with Crippen LogP contribution in [-0.2, 0) is 5.88 Å². The smallest absolute Gasteiger partial charge is 0.151 e. The zero-order chi connectivity index (χ0) is 11.3. The van der Waals surface area contributed by atoms with Gasteiger partial charge in [0.05, 0.1) is 11.6 Å². The molecule has 15 heavy (non-hydrogen) atoms. The molecular formula is C11H18ClN3. The maximum absolute atomic E-state index is 5.66. The first-order valence-electron chi connectivity index (χ1n) is 5.30. The number of aromatic nitrogens is 2. The fourth-order valence-corrected chi connectivity index (χ4v) is 1.56. The summed E-state index contributed by atoms with van der Waals surface area (Å²) in [4.78, 5) is 2.22. The summed E-state index contributed by atoms with van der Waals surface area (Å²) >= 11 is 5.66. The van der Waals surface area contributed by atoms with Crippen LogP contribution >= 0.6 is 11.6 Å². The van der Waals surface area contributed by atoms with Crippen molar-refractivity contribution >= 4 is 17.4 Å². The average molecular weight is 228 g/mol. The van der Waals surface area contributed by atoms with Gasteiger partial charge in [0.1, 0.15) is 0 Å². The maximum atomic E-state index is 5.66. The van der Waals surface area contributed by atoms with Gasteiger partial charge in [-0.1, -0.05) is 13.8 Å². The second-order valence-corrected chi connectivity index (χ2v) is 4.22. The lowest BCUT2D eigenvalue weighted by Gasteiger charge is -2.23. The fraction of sp³-hybridized carbons (Fsp3) is 0.636. The Labute approximate surface area is 96.5 Å². The normalized spacial score (nSPS) is 10.7. The van der Waals surface area contributed by atoms with E-state index in [2.05, 4.69) is 35.9 Å². The van der Waals surface area contributed by atoms with Crippen molar-refractivity contribution < 1.29 is 0 Å². The quantitative estimate of drug-likeness (QED) is 0.725. The summed E-state index contributed by atoms with van der Waals surface area (Å²) in [6.45, 7) is 8.48. The molecule has 0 fully saturated rings. The Morgan fingerprint density at radius 2 is 2.07 bits per heavy atom. The Balaban J connectivity index is 2.74. The topological polar surface area (TPSA) is 29.0 Å². The zero-order valence-electron chi connectivity index (χ0n) is 9.57. The second kappa shape index (κ2) is 5.91. The van der Waals surface area contributed by atoms with Crippen molar-refractivity contribution in [2.75, 3.05) is 18.0 Å². The first kappa shape index (κ1) is 12.2. The highest BCUT2D eigenvalue weighted by Crippen LogP contribution is 2.12. The highest BCUT2D eigenvalue weighted by Gasteiger charge is 2.08. The van der Waals surface area contributed by atoms with Gasteiger partial charge >= 0.3 is 0 Å². The van der Waals surface area contributed by atoms with Crippen molar-refractivity contribution in [1.29, 1.82) is 0 Å². The molecule has 0 amide bonds. The van der Waals surface area contributed by atoms with E-state index in [0.717, 1.165) is 24.6 Å². The summed E-state index contributed by atoms with van der Waals surface area (Å²) in [5, 5.41) is 8.21. The van der Waals surface area contributed by atoms with Crippen LogP contribution in [0, 0.1) is 5.92 Å². The lowest BCUT2D eigenvalue weighted by atomic mass is 10.2. The third-order valence-corrected chi connectivity index (χ3v) is 2.41. The Morgan fingerprint density at radius 1 is 1.33 bits per heavy atom. The zero-order valence-corrected chi connectivity index (χ0v) is 10.3. The molecule has 0 aliphatic rings. The van der Waals surface area contributed by atoms with Crippen LogP contribution in [0.4, 0.5) is 5.82 Å². The lowest BCUT2D eigenvalue weighted by molar-refractivity contribution is 0.611. The molecule has 0 saturated heterocycles. The third kappa shape index (κ3) is 3.67. The largest absolute Gasteiger partial charge is 0.355 e. The first-order valence-corrected chi connectivity index (χ1v) is 5.84. The van der Waals surface area contributed by atoms with Crippen LogP contribution < -0.4 is 4.90 Å². The SMILES string of the molecule is CCN(CC(C)C)c1ccc(CCl)nn1. The van der Waals surface area contributed by atoms with Gasteiger partial charge in [-0.3, -0.25) is 0 Å². The van der Waals surface area contributed by atoms with Gasteiger partial charge in [-0.15, -0.1) is 16.7 Å². The van der Waals surface area contributed by atoms with E-state index in [1.54, 1.807) is 0 Å². The molecular weight excluding hydrogens is 210 g/mol. The van der Waals surface area contributed by atoms with Crippen LogP contribution in [0.3, 0.4) is 0 Å². The van der Waals surface area contributed by atoms with Crippen molar-refractivity contribution in [3.05, 3.63) is 17.8 Å². The molecule has 0 unspecified atom stereocenters. The second-order valence-electron chi connectivity index (χ2n) is 3.95. The summed E-state index contributed by atoms with van der Waals surface area (Å²) in [7, 11) is 0. The Hall–Kier alpha value is -0.830. The van der Waals surface area contributed by atoms with Crippen LogP contribution in [0.25, 0.3) is 0 Å². The molecule has 84 valence electrons. The van der Waals surface area contributed by atoms with E-state index in [4.69, 9.17) is 11.6 Å². The van der Waals surface area contributed by atoms with Crippen LogP contribution in [-0.4, -0.2) is 23.3 Å². The van der Waals surface area contributed by atoms with E-state index in [0.29, 0.717) is 11.8 Å². The number of alkyl halides is 1. The van der Waals surface area contributed by atoms with Crippen LogP contribution in [0.5, 0.6) is 0 Å². The molecule has 0 aliphatic heterocycles. The van der Waals surface area contributed by atoms with E-state index in [9.17, 15) is 0 Å². The van der Waals surface area contributed by atoms with Crippen molar-refractivity contribution in [3.8, 4) is 0 Å².